The van der Waals surface area contributed by atoms with E-state index in [1.165, 1.54) is 5.56 Å². The van der Waals surface area contributed by atoms with Crippen LogP contribution in [-0.2, 0) is 14.3 Å². The number of esters is 1. The molecule has 1 fully saturated rings. The van der Waals surface area contributed by atoms with E-state index >= 15 is 0 Å². The molecule has 2 aromatic rings. The molecule has 8 heteroatoms. The van der Waals surface area contributed by atoms with E-state index in [1.807, 2.05) is 25.1 Å². The van der Waals surface area contributed by atoms with Crippen molar-refractivity contribution in [3.63, 3.8) is 0 Å². The molecule has 0 saturated carbocycles. The average molecular weight is 508 g/mol. The van der Waals surface area contributed by atoms with Gasteiger partial charge in [-0.05, 0) is 70.0 Å². The lowest BCUT2D eigenvalue weighted by atomic mass is 9.93. The molecule has 37 heavy (non-hydrogen) atoms. The van der Waals surface area contributed by atoms with E-state index in [0.29, 0.717) is 50.5 Å². The molecule has 0 bridgehead atoms. The molecular formula is C29H37N3O5. The first kappa shape index (κ1) is 26.7. The van der Waals surface area contributed by atoms with Crippen LogP contribution in [0.1, 0.15) is 54.5 Å². The molecule has 0 radical (unpaired) electrons. The number of likely N-dealkylation sites (tertiary alicyclic amines) is 1. The Bertz CT molecular complexity index is 1170. The Hall–Kier alpha value is -3.39. The fourth-order valence-corrected chi connectivity index (χ4v) is 5.23. The number of methoxy groups -OCH3 is 2. The van der Waals surface area contributed by atoms with Gasteiger partial charge in [-0.15, -0.1) is 0 Å². The summed E-state index contributed by atoms with van der Waals surface area (Å²) in [5, 5.41) is 6.50. The molecule has 2 aliphatic rings. The quantitative estimate of drug-likeness (QED) is 0.497. The topological polar surface area (TPSA) is 80.7 Å². The number of carbonyl (C=O) groups excluding carboxylic acids is 2. The number of rotatable bonds is 8. The zero-order chi connectivity index (χ0) is 26.5. The third-order valence-corrected chi connectivity index (χ3v) is 7.24. The van der Waals surface area contributed by atoms with Crippen LogP contribution >= 0.6 is 0 Å². The van der Waals surface area contributed by atoms with Crippen molar-refractivity contribution in [1.82, 2.24) is 9.91 Å². The first-order valence-electron chi connectivity index (χ1n) is 12.9. The second-order valence-corrected chi connectivity index (χ2v) is 9.73. The number of hydrogen-bond acceptors (Lipinski definition) is 7. The van der Waals surface area contributed by atoms with Gasteiger partial charge in [0.2, 0.25) is 0 Å². The zero-order valence-corrected chi connectivity index (χ0v) is 22.5. The maximum atomic E-state index is 13.7. The highest BCUT2D eigenvalue weighted by Gasteiger charge is 2.36. The van der Waals surface area contributed by atoms with E-state index in [0.717, 1.165) is 22.4 Å². The summed E-state index contributed by atoms with van der Waals surface area (Å²) >= 11 is 0. The summed E-state index contributed by atoms with van der Waals surface area (Å²) in [6, 6.07) is 11.8. The number of benzene rings is 2. The molecule has 4 rings (SSSR count). The standard InChI is InChI=1S/C29H37N3O5/c1-6-37-29(34)21-11-13-31(14-12-21)18-28(33)32-26(23-9-7-19(2)15-20(23)3)17-25(30-32)24-10-8-22(35-4)16-27(24)36-5/h7-10,15-16,21,26H,6,11-14,17-18H2,1-5H3/t26-/m0/s1. The molecule has 1 saturated heterocycles. The van der Waals surface area contributed by atoms with Crippen LogP contribution in [0.2, 0.25) is 0 Å². The van der Waals surface area contributed by atoms with Crippen molar-refractivity contribution in [1.29, 1.82) is 0 Å². The van der Waals surface area contributed by atoms with Crippen LogP contribution in [0.15, 0.2) is 41.5 Å². The summed E-state index contributed by atoms with van der Waals surface area (Å²) in [5.41, 5.74) is 5.06. The minimum Gasteiger partial charge on any atom is -0.497 e. The molecule has 2 aliphatic heterocycles. The second-order valence-electron chi connectivity index (χ2n) is 9.73. The summed E-state index contributed by atoms with van der Waals surface area (Å²) < 4.78 is 16.2. The fraction of sp³-hybridized carbons (Fsp3) is 0.483. The highest BCUT2D eigenvalue weighted by molar-refractivity contribution is 6.05. The van der Waals surface area contributed by atoms with Crippen molar-refractivity contribution in [3.8, 4) is 11.5 Å². The number of amides is 1. The van der Waals surface area contributed by atoms with Crippen molar-refractivity contribution in [2.45, 2.75) is 46.1 Å². The van der Waals surface area contributed by atoms with Crippen LogP contribution in [0.25, 0.3) is 0 Å². The number of aryl methyl sites for hydroxylation is 2. The molecule has 0 unspecified atom stereocenters. The monoisotopic (exact) mass is 507 g/mol. The molecule has 0 N–H and O–H groups in total. The molecule has 0 aliphatic carbocycles. The van der Waals surface area contributed by atoms with Gasteiger partial charge in [0.15, 0.2) is 0 Å². The van der Waals surface area contributed by atoms with E-state index in [-0.39, 0.29) is 30.4 Å². The van der Waals surface area contributed by atoms with Gasteiger partial charge in [0.05, 0.1) is 45.0 Å². The van der Waals surface area contributed by atoms with Crippen molar-refractivity contribution >= 4 is 17.6 Å². The summed E-state index contributed by atoms with van der Waals surface area (Å²) in [4.78, 5) is 27.9. The van der Waals surface area contributed by atoms with E-state index in [4.69, 9.17) is 19.3 Å². The molecular weight excluding hydrogens is 470 g/mol. The molecule has 2 aromatic carbocycles. The van der Waals surface area contributed by atoms with Gasteiger partial charge in [-0.1, -0.05) is 23.8 Å². The minimum atomic E-state index is -0.202. The van der Waals surface area contributed by atoms with Gasteiger partial charge in [-0.2, -0.15) is 5.10 Å². The predicted molar refractivity (Wildman–Crippen MR) is 142 cm³/mol. The molecule has 0 spiro atoms. The van der Waals surface area contributed by atoms with Crippen LogP contribution in [-0.4, -0.2) is 68.0 Å². The minimum absolute atomic E-state index is 0.0537. The van der Waals surface area contributed by atoms with Crippen molar-refractivity contribution in [3.05, 3.63) is 58.7 Å². The predicted octanol–water partition coefficient (Wildman–Crippen LogP) is 4.27. The maximum absolute atomic E-state index is 13.7. The highest BCUT2D eigenvalue weighted by Crippen LogP contribution is 2.37. The van der Waals surface area contributed by atoms with Gasteiger partial charge >= 0.3 is 5.97 Å². The Labute approximate surface area is 219 Å². The Morgan fingerprint density at radius 2 is 1.78 bits per heavy atom. The zero-order valence-electron chi connectivity index (χ0n) is 22.5. The van der Waals surface area contributed by atoms with Gasteiger partial charge in [0.25, 0.3) is 5.91 Å². The molecule has 1 amide bonds. The van der Waals surface area contributed by atoms with Crippen LogP contribution in [0, 0.1) is 19.8 Å². The van der Waals surface area contributed by atoms with Gasteiger partial charge in [0.1, 0.15) is 11.5 Å². The lowest BCUT2D eigenvalue weighted by molar-refractivity contribution is -0.149. The van der Waals surface area contributed by atoms with E-state index in [1.54, 1.807) is 19.2 Å². The van der Waals surface area contributed by atoms with Gasteiger partial charge in [-0.25, -0.2) is 5.01 Å². The maximum Gasteiger partial charge on any atom is 0.309 e. The van der Waals surface area contributed by atoms with E-state index < -0.39 is 0 Å². The van der Waals surface area contributed by atoms with Crippen molar-refractivity contribution in [2.24, 2.45) is 11.0 Å². The Morgan fingerprint density at radius 3 is 2.43 bits per heavy atom. The summed E-state index contributed by atoms with van der Waals surface area (Å²) in [5.74, 6) is 1.08. The summed E-state index contributed by atoms with van der Waals surface area (Å²) in [6.07, 6.45) is 1.98. The largest absolute Gasteiger partial charge is 0.497 e. The van der Waals surface area contributed by atoms with Crippen molar-refractivity contribution < 1.29 is 23.8 Å². The van der Waals surface area contributed by atoms with Crippen LogP contribution < -0.4 is 9.47 Å². The van der Waals surface area contributed by atoms with Crippen LogP contribution in [0.5, 0.6) is 11.5 Å². The summed E-state index contributed by atoms with van der Waals surface area (Å²) in [6.45, 7) is 7.99. The van der Waals surface area contributed by atoms with E-state index in [2.05, 4.69) is 36.9 Å². The number of hydrogen-bond donors (Lipinski definition) is 0. The number of piperidine rings is 1. The molecule has 0 aromatic heterocycles. The summed E-state index contributed by atoms with van der Waals surface area (Å²) in [7, 11) is 3.24. The van der Waals surface area contributed by atoms with Crippen molar-refractivity contribution in [2.75, 3.05) is 40.5 Å². The van der Waals surface area contributed by atoms with Gasteiger partial charge < -0.3 is 14.2 Å². The Morgan fingerprint density at radius 1 is 1.03 bits per heavy atom. The second kappa shape index (κ2) is 11.8. The lowest BCUT2D eigenvalue weighted by Gasteiger charge is -2.32. The first-order valence-corrected chi connectivity index (χ1v) is 12.9. The first-order chi connectivity index (χ1) is 17.8. The van der Waals surface area contributed by atoms with Gasteiger partial charge in [-0.3, -0.25) is 14.5 Å². The van der Waals surface area contributed by atoms with E-state index in [9.17, 15) is 9.59 Å². The third-order valence-electron chi connectivity index (χ3n) is 7.24. The SMILES string of the molecule is CCOC(=O)C1CCN(CC(=O)N2N=C(c3ccc(OC)cc3OC)C[C@H]2c2ccc(C)cc2C)CC1. The molecule has 8 nitrogen and oxygen atoms in total. The fourth-order valence-electron chi connectivity index (χ4n) is 5.23. The van der Waals surface area contributed by atoms with Crippen LogP contribution in [0.3, 0.4) is 0 Å². The number of carbonyl (C=O) groups is 2. The Balaban J connectivity index is 1.57. The van der Waals surface area contributed by atoms with Gasteiger partial charge in [0, 0.05) is 18.1 Å². The molecule has 1 atom stereocenters. The number of ether oxygens (including phenoxy) is 3. The number of hydrazone groups is 1. The van der Waals surface area contributed by atoms with Crippen LogP contribution in [0.4, 0.5) is 0 Å². The highest BCUT2D eigenvalue weighted by atomic mass is 16.5. The number of nitrogens with zero attached hydrogens (tertiary/aromatic N) is 3. The molecule has 198 valence electrons. The molecule has 2 heterocycles. The smallest absolute Gasteiger partial charge is 0.309 e. The lowest BCUT2D eigenvalue weighted by Crippen LogP contribution is -2.43. The Kier molecular flexibility index (Phi) is 8.48. The third kappa shape index (κ3) is 5.96. The normalized spacial score (nSPS) is 18.5. The average Bonchev–Trinajstić information content (AvgIpc) is 3.34.